The molecule has 130 valence electrons. The van der Waals surface area contributed by atoms with Gasteiger partial charge in [0.1, 0.15) is 5.69 Å². The lowest BCUT2D eigenvalue weighted by atomic mass is 9.91. The van der Waals surface area contributed by atoms with Gasteiger partial charge < -0.3 is 0 Å². The van der Waals surface area contributed by atoms with E-state index in [4.69, 9.17) is 1.37 Å². The van der Waals surface area contributed by atoms with Crippen molar-refractivity contribution >= 4 is 10.9 Å². The van der Waals surface area contributed by atoms with E-state index in [1.807, 2.05) is 11.6 Å². The Morgan fingerprint density at radius 3 is 2.28 bits per heavy atom. The standard InChI is InChI=1S/C23H29N2/c1-14(2)18-8-9-20-22(12-18)24-13-25(7)23(20)21-11-19(15(3)4)10-16(5)17(21)6/h8-15H,1-7H3/q+1/i13D. The molecule has 25 heavy (non-hydrogen) atoms. The SMILES string of the molecule is [2H]c1nc2cc(C(C)C)ccc2c(-c2cc(C(C)C)cc(C)c2C)[n+]1C. The average Bonchev–Trinajstić information content (AvgIpc) is 2.58. The van der Waals surface area contributed by atoms with Crippen LogP contribution in [0, 0.1) is 13.8 Å². The lowest BCUT2D eigenvalue weighted by Gasteiger charge is -2.15. The molecule has 0 saturated carbocycles. The molecular formula is C23H29N2+. The van der Waals surface area contributed by atoms with E-state index in [-0.39, 0.29) is 0 Å². The summed E-state index contributed by atoms with van der Waals surface area (Å²) in [7, 11) is 1.94. The Bertz CT molecular complexity index is 987. The molecule has 0 aliphatic heterocycles. The topological polar surface area (TPSA) is 16.8 Å². The number of rotatable bonds is 3. The van der Waals surface area contributed by atoms with Crippen molar-refractivity contribution in [3.8, 4) is 11.3 Å². The third-order valence-electron chi connectivity index (χ3n) is 5.21. The van der Waals surface area contributed by atoms with Crippen molar-refractivity contribution in [1.29, 1.82) is 0 Å². The molecule has 0 amide bonds. The molecule has 0 unspecified atom stereocenters. The van der Waals surface area contributed by atoms with Crippen LogP contribution in [0.1, 0.15) is 63.2 Å². The van der Waals surface area contributed by atoms with Crippen LogP contribution in [0.2, 0.25) is 0 Å². The first kappa shape index (κ1) is 16.3. The third-order valence-corrected chi connectivity index (χ3v) is 5.21. The second-order valence-electron chi connectivity index (χ2n) is 7.72. The van der Waals surface area contributed by atoms with E-state index >= 15 is 0 Å². The molecule has 2 aromatic carbocycles. The second kappa shape index (κ2) is 6.59. The van der Waals surface area contributed by atoms with Crippen molar-refractivity contribution in [2.45, 2.75) is 53.4 Å². The van der Waals surface area contributed by atoms with Gasteiger partial charge in [-0.3, -0.25) is 0 Å². The zero-order chi connectivity index (χ0) is 19.2. The molecule has 1 aromatic heterocycles. The minimum absolute atomic E-state index is 0.292. The number of fused-ring (bicyclic) bond motifs is 1. The summed E-state index contributed by atoms with van der Waals surface area (Å²) >= 11 is 0. The fourth-order valence-electron chi connectivity index (χ4n) is 3.35. The van der Waals surface area contributed by atoms with E-state index in [1.165, 1.54) is 27.8 Å². The highest BCUT2D eigenvalue weighted by Crippen LogP contribution is 2.32. The minimum atomic E-state index is 0.292. The summed E-state index contributed by atoms with van der Waals surface area (Å²) in [6.07, 6.45) is 0.292. The Balaban J connectivity index is 2.40. The largest absolute Gasteiger partial charge is 0.287 e. The van der Waals surface area contributed by atoms with E-state index in [9.17, 15) is 0 Å². The molecule has 2 heteroatoms. The predicted molar refractivity (Wildman–Crippen MR) is 106 cm³/mol. The maximum Gasteiger partial charge on any atom is 0.287 e. The normalized spacial score (nSPS) is 12.3. The van der Waals surface area contributed by atoms with Gasteiger partial charge in [-0.05, 0) is 71.1 Å². The maximum absolute atomic E-state index is 8.38. The summed E-state index contributed by atoms with van der Waals surface area (Å²) < 4.78 is 10.3. The zero-order valence-corrected chi connectivity index (χ0v) is 16.4. The number of aromatic nitrogens is 2. The van der Waals surface area contributed by atoms with Gasteiger partial charge in [-0.25, -0.2) is 4.57 Å². The van der Waals surface area contributed by atoms with Gasteiger partial charge in [0.15, 0.2) is 6.89 Å². The number of hydrogen-bond acceptors (Lipinski definition) is 1. The first-order valence-corrected chi connectivity index (χ1v) is 9.12. The Morgan fingerprint density at radius 2 is 1.64 bits per heavy atom. The number of hydrogen-bond donors (Lipinski definition) is 0. The lowest BCUT2D eigenvalue weighted by molar-refractivity contribution is -0.662. The first-order valence-electron chi connectivity index (χ1n) is 9.62. The molecule has 0 saturated heterocycles. The van der Waals surface area contributed by atoms with Crippen LogP contribution in [-0.2, 0) is 7.05 Å². The summed E-state index contributed by atoms with van der Waals surface area (Å²) in [6.45, 7) is 13.2. The van der Waals surface area contributed by atoms with Crippen molar-refractivity contribution in [1.82, 2.24) is 4.98 Å². The highest BCUT2D eigenvalue weighted by molar-refractivity contribution is 5.92. The molecular weight excluding hydrogens is 304 g/mol. The first-order chi connectivity index (χ1) is 12.2. The molecule has 0 aliphatic rings. The Morgan fingerprint density at radius 1 is 0.960 bits per heavy atom. The molecule has 0 N–H and O–H groups in total. The van der Waals surface area contributed by atoms with Gasteiger partial charge in [-0.15, -0.1) is 0 Å². The predicted octanol–water partition coefficient (Wildman–Crippen LogP) is 5.59. The lowest BCUT2D eigenvalue weighted by Crippen LogP contribution is -2.32. The number of nitrogens with zero attached hydrogens (tertiary/aromatic N) is 2. The quantitative estimate of drug-likeness (QED) is 0.571. The molecule has 0 spiro atoms. The van der Waals surface area contributed by atoms with Crippen LogP contribution in [0.3, 0.4) is 0 Å². The molecule has 0 aliphatic carbocycles. The number of aryl methyl sites for hydroxylation is 1. The molecule has 0 fully saturated rings. The van der Waals surface area contributed by atoms with Crippen molar-refractivity contribution in [3.05, 3.63) is 58.9 Å². The van der Waals surface area contributed by atoms with Crippen LogP contribution in [-0.4, -0.2) is 4.98 Å². The van der Waals surface area contributed by atoms with Gasteiger partial charge in [-0.1, -0.05) is 39.8 Å². The van der Waals surface area contributed by atoms with Gasteiger partial charge in [0, 0.05) is 5.56 Å². The molecule has 3 aromatic rings. The average molecular weight is 335 g/mol. The van der Waals surface area contributed by atoms with Crippen LogP contribution >= 0.6 is 0 Å². The van der Waals surface area contributed by atoms with Crippen molar-refractivity contribution < 1.29 is 5.94 Å². The summed E-state index contributed by atoms with van der Waals surface area (Å²) in [4.78, 5) is 4.54. The van der Waals surface area contributed by atoms with Crippen molar-refractivity contribution in [3.63, 3.8) is 0 Å². The van der Waals surface area contributed by atoms with E-state index in [0.717, 1.165) is 16.6 Å². The smallest absolute Gasteiger partial charge is 0.232 e. The van der Waals surface area contributed by atoms with Crippen molar-refractivity contribution in [2.75, 3.05) is 0 Å². The van der Waals surface area contributed by atoms with Gasteiger partial charge in [0.2, 0.25) is 0 Å². The molecule has 0 atom stereocenters. The fourth-order valence-corrected chi connectivity index (χ4v) is 3.35. The molecule has 2 nitrogen and oxygen atoms in total. The third kappa shape index (κ3) is 3.18. The maximum atomic E-state index is 8.38. The fraction of sp³-hybridized carbons (Fsp3) is 0.391. The Labute approximate surface area is 153 Å². The highest BCUT2D eigenvalue weighted by Gasteiger charge is 2.19. The number of benzene rings is 2. The van der Waals surface area contributed by atoms with Gasteiger partial charge >= 0.3 is 0 Å². The summed E-state index contributed by atoms with van der Waals surface area (Å²) in [5, 5.41) is 1.11. The van der Waals surface area contributed by atoms with Crippen molar-refractivity contribution in [2.24, 2.45) is 7.05 Å². The minimum Gasteiger partial charge on any atom is -0.232 e. The van der Waals surface area contributed by atoms with Gasteiger partial charge in [0.05, 0.1) is 12.4 Å². The van der Waals surface area contributed by atoms with Gasteiger partial charge in [-0.2, -0.15) is 0 Å². The summed E-state index contributed by atoms with van der Waals surface area (Å²) in [6, 6.07) is 11.1. The van der Waals surface area contributed by atoms with Crippen LogP contribution in [0.15, 0.2) is 36.6 Å². The molecule has 0 bridgehead atoms. The Kier molecular flexibility index (Phi) is 4.29. The van der Waals surface area contributed by atoms with E-state index in [1.54, 1.807) is 0 Å². The van der Waals surface area contributed by atoms with E-state index < -0.39 is 0 Å². The summed E-state index contributed by atoms with van der Waals surface area (Å²) in [5.74, 6) is 0.913. The van der Waals surface area contributed by atoms with E-state index in [0.29, 0.717) is 18.1 Å². The van der Waals surface area contributed by atoms with Crippen LogP contribution < -0.4 is 4.57 Å². The zero-order valence-electron chi connectivity index (χ0n) is 17.4. The summed E-state index contributed by atoms with van der Waals surface area (Å²) in [5.41, 5.74) is 8.34. The van der Waals surface area contributed by atoms with E-state index in [2.05, 4.69) is 76.9 Å². The molecule has 1 heterocycles. The highest BCUT2D eigenvalue weighted by atomic mass is 15.0. The van der Waals surface area contributed by atoms with Gasteiger partial charge in [0.25, 0.3) is 6.30 Å². The van der Waals surface area contributed by atoms with Crippen LogP contribution in [0.5, 0.6) is 0 Å². The molecule has 3 rings (SSSR count). The monoisotopic (exact) mass is 334 g/mol. The second-order valence-corrected chi connectivity index (χ2v) is 7.72. The molecule has 0 radical (unpaired) electrons. The Hall–Kier alpha value is -2.22. The van der Waals surface area contributed by atoms with Crippen LogP contribution in [0.25, 0.3) is 22.2 Å². The van der Waals surface area contributed by atoms with Crippen LogP contribution in [0.4, 0.5) is 0 Å².